The van der Waals surface area contributed by atoms with Gasteiger partial charge in [0.25, 0.3) is 0 Å². The predicted molar refractivity (Wildman–Crippen MR) is 117 cm³/mol. The first-order valence-electron chi connectivity index (χ1n) is 8.46. The second kappa shape index (κ2) is 12.0. The zero-order valence-electron chi connectivity index (χ0n) is 16.1. The topological polar surface area (TPSA) is 52.6 Å². The van der Waals surface area contributed by atoms with E-state index in [1.54, 1.807) is 11.3 Å². The summed E-state index contributed by atoms with van der Waals surface area (Å²) in [5, 5.41) is 7.93. The van der Waals surface area contributed by atoms with E-state index in [0.717, 1.165) is 29.8 Å². The van der Waals surface area contributed by atoms with Crippen LogP contribution < -0.4 is 10.6 Å². The van der Waals surface area contributed by atoms with E-state index in [4.69, 9.17) is 0 Å². The molecular formula is C17H34IN5S. The highest BCUT2D eigenvalue weighted by molar-refractivity contribution is 14.0. The molecule has 1 aromatic heterocycles. The van der Waals surface area contributed by atoms with Gasteiger partial charge in [-0.25, -0.2) is 4.98 Å². The molecule has 1 unspecified atom stereocenters. The number of halogens is 1. The average Bonchev–Trinajstić information content (AvgIpc) is 2.84. The lowest BCUT2D eigenvalue weighted by Gasteiger charge is -2.32. The van der Waals surface area contributed by atoms with Gasteiger partial charge in [0.1, 0.15) is 5.01 Å². The second-order valence-corrected chi connectivity index (χ2v) is 7.45. The summed E-state index contributed by atoms with van der Waals surface area (Å²) in [7, 11) is 6.12. The van der Waals surface area contributed by atoms with Crippen LogP contribution in [-0.4, -0.2) is 49.6 Å². The number of hydrogen-bond acceptors (Lipinski definition) is 4. The van der Waals surface area contributed by atoms with Gasteiger partial charge in [0.05, 0.1) is 12.2 Å². The normalized spacial score (nSPS) is 13.1. The third-order valence-corrected chi connectivity index (χ3v) is 5.51. The summed E-state index contributed by atoms with van der Waals surface area (Å²) in [5.74, 6) is 1.54. The van der Waals surface area contributed by atoms with Gasteiger partial charge in [-0.05, 0) is 33.9 Å². The molecule has 0 spiro atoms. The Kier molecular flexibility index (Phi) is 11.8. The summed E-state index contributed by atoms with van der Waals surface area (Å²) in [5.41, 5.74) is 1.12. The van der Waals surface area contributed by atoms with E-state index in [0.29, 0.717) is 12.0 Å². The van der Waals surface area contributed by atoms with Crippen molar-refractivity contribution in [3.05, 3.63) is 15.6 Å². The molecule has 0 amide bonds. The van der Waals surface area contributed by atoms with Crippen LogP contribution in [0.15, 0.2) is 4.99 Å². The first-order valence-corrected chi connectivity index (χ1v) is 9.28. The Morgan fingerprint density at radius 3 is 2.25 bits per heavy atom. The first kappa shape index (κ1) is 23.6. The van der Waals surface area contributed by atoms with Crippen LogP contribution in [0.3, 0.4) is 0 Å². The highest BCUT2D eigenvalue weighted by Gasteiger charge is 2.20. The molecule has 0 radical (unpaired) electrons. The fourth-order valence-corrected chi connectivity index (χ4v) is 3.67. The van der Waals surface area contributed by atoms with Gasteiger partial charge >= 0.3 is 0 Å². The van der Waals surface area contributed by atoms with Crippen molar-refractivity contribution in [3.8, 4) is 0 Å². The third-order valence-electron chi connectivity index (χ3n) is 4.44. The first-order chi connectivity index (χ1) is 10.9. The average molecular weight is 467 g/mol. The highest BCUT2D eigenvalue weighted by Crippen LogP contribution is 2.17. The van der Waals surface area contributed by atoms with Gasteiger partial charge in [0, 0.05) is 24.5 Å². The Morgan fingerprint density at radius 1 is 1.21 bits per heavy atom. The lowest BCUT2D eigenvalue weighted by molar-refractivity contribution is 0.200. The van der Waals surface area contributed by atoms with Crippen LogP contribution in [0, 0.1) is 19.8 Å². The number of nitrogens with one attached hydrogen (secondary N) is 2. The van der Waals surface area contributed by atoms with Gasteiger partial charge in [0.15, 0.2) is 5.96 Å². The van der Waals surface area contributed by atoms with Crippen LogP contribution in [0.2, 0.25) is 0 Å². The van der Waals surface area contributed by atoms with Crippen molar-refractivity contribution in [1.29, 1.82) is 0 Å². The Balaban J connectivity index is 0.00000529. The number of thiazole rings is 1. The molecule has 7 heteroatoms. The number of aromatic nitrogens is 1. The molecule has 0 saturated heterocycles. The van der Waals surface area contributed by atoms with E-state index in [1.165, 1.54) is 17.7 Å². The van der Waals surface area contributed by atoms with Crippen LogP contribution in [0.4, 0.5) is 0 Å². The smallest absolute Gasteiger partial charge is 0.191 e. The molecule has 1 aromatic rings. The van der Waals surface area contributed by atoms with Gasteiger partial charge in [-0.2, -0.15) is 0 Å². The Morgan fingerprint density at radius 2 is 1.83 bits per heavy atom. The van der Waals surface area contributed by atoms with Gasteiger partial charge in [0.2, 0.25) is 0 Å². The van der Waals surface area contributed by atoms with E-state index < -0.39 is 0 Å². The van der Waals surface area contributed by atoms with E-state index >= 15 is 0 Å². The maximum absolute atomic E-state index is 4.56. The SMILES string of the molecule is CCC(CC)C(CNC(=NC)NCc1nc(C)c(C)s1)N(C)C.I. The van der Waals surface area contributed by atoms with E-state index in [1.807, 2.05) is 7.05 Å². The molecule has 24 heavy (non-hydrogen) atoms. The van der Waals surface area contributed by atoms with Crippen molar-refractivity contribution in [2.24, 2.45) is 10.9 Å². The summed E-state index contributed by atoms with van der Waals surface area (Å²) >= 11 is 1.74. The van der Waals surface area contributed by atoms with Crippen LogP contribution in [-0.2, 0) is 6.54 Å². The number of aliphatic imine (C=N–C) groups is 1. The fourth-order valence-electron chi connectivity index (χ4n) is 2.80. The van der Waals surface area contributed by atoms with Crippen LogP contribution in [0.1, 0.15) is 42.3 Å². The van der Waals surface area contributed by atoms with Gasteiger partial charge in [-0.15, -0.1) is 35.3 Å². The summed E-state index contributed by atoms with van der Waals surface area (Å²) in [6, 6.07) is 0.507. The molecule has 0 fully saturated rings. The minimum atomic E-state index is 0. The minimum Gasteiger partial charge on any atom is -0.355 e. The number of likely N-dealkylation sites (N-methyl/N-ethyl adjacent to an activating group) is 1. The van der Waals surface area contributed by atoms with Crippen molar-refractivity contribution in [1.82, 2.24) is 20.5 Å². The fraction of sp³-hybridized carbons (Fsp3) is 0.765. The quantitative estimate of drug-likeness (QED) is 0.350. The number of nitrogens with zero attached hydrogens (tertiary/aromatic N) is 3. The summed E-state index contributed by atoms with van der Waals surface area (Å²) in [4.78, 5) is 12.5. The van der Waals surface area contributed by atoms with Gasteiger partial charge in [-0.3, -0.25) is 4.99 Å². The van der Waals surface area contributed by atoms with Crippen molar-refractivity contribution in [3.63, 3.8) is 0 Å². The van der Waals surface area contributed by atoms with Gasteiger partial charge in [-0.1, -0.05) is 26.7 Å². The molecule has 1 atom stereocenters. The van der Waals surface area contributed by atoms with Gasteiger partial charge < -0.3 is 15.5 Å². The molecule has 2 N–H and O–H groups in total. The molecule has 0 aromatic carbocycles. The maximum atomic E-state index is 4.56. The lowest BCUT2D eigenvalue weighted by Crippen LogP contribution is -2.47. The zero-order chi connectivity index (χ0) is 17.4. The van der Waals surface area contributed by atoms with Crippen molar-refractivity contribution in [2.75, 3.05) is 27.7 Å². The number of rotatable bonds is 8. The van der Waals surface area contributed by atoms with Crippen molar-refractivity contribution in [2.45, 2.75) is 53.1 Å². The summed E-state index contributed by atoms with van der Waals surface area (Å²) in [6.07, 6.45) is 2.40. The maximum Gasteiger partial charge on any atom is 0.191 e. The molecular weight excluding hydrogens is 433 g/mol. The Labute approximate surface area is 168 Å². The van der Waals surface area contributed by atoms with Crippen molar-refractivity contribution >= 4 is 41.3 Å². The molecule has 0 aliphatic rings. The van der Waals surface area contributed by atoms with Crippen LogP contribution >= 0.6 is 35.3 Å². The standard InChI is InChI=1S/C17H33N5S.HI/c1-8-14(9-2)15(22(6)7)10-19-17(18-5)20-11-16-21-12(3)13(4)23-16;/h14-15H,8-11H2,1-7H3,(H2,18,19,20);1H. The third kappa shape index (κ3) is 7.23. The molecule has 0 saturated carbocycles. The summed E-state index contributed by atoms with van der Waals surface area (Å²) in [6.45, 7) is 10.3. The molecule has 1 rings (SSSR count). The predicted octanol–water partition coefficient (Wildman–Crippen LogP) is 3.41. The van der Waals surface area contributed by atoms with E-state index in [-0.39, 0.29) is 24.0 Å². The second-order valence-electron chi connectivity index (χ2n) is 6.16. The lowest BCUT2D eigenvalue weighted by atomic mass is 9.93. The summed E-state index contributed by atoms with van der Waals surface area (Å²) < 4.78 is 0. The molecule has 0 bridgehead atoms. The largest absolute Gasteiger partial charge is 0.355 e. The molecule has 0 aliphatic heterocycles. The zero-order valence-corrected chi connectivity index (χ0v) is 19.3. The number of guanidine groups is 1. The number of hydrogen-bond donors (Lipinski definition) is 2. The van der Waals surface area contributed by atoms with E-state index in [2.05, 4.69) is 67.3 Å². The molecule has 140 valence electrons. The Bertz CT molecular complexity index is 478. The molecule has 0 aliphatic carbocycles. The van der Waals surface area contributed by atoms with Crippen molar-refractivity contribution < 1.29 is 0 Å². The molecule has 1 heterocycles. The number of aryl methyl sites for hydroxylation is 2. The monoisotopic (exact) mass is 467 g/mol. The highest BCUT2D eigenvalue weighted by atomic mass is 127. The minimum absolute atomic E-state index is 0. The van der Waals surface area contributed by atoms with Crippen LogP contribution in [0.25, 0.3) is 0 Å². The molecule has 5 nitrogen and oxygen atoms in total. The Hall–Kier alpha value is -0.410. The van der Waals surface area contributed by atoms with E-state index in [9.17, 15) is 0 Å². The van der Waals surface area contributed by atoms with Crippen LogP contribution in [0.5, 0.6) is 0 Å².